The highest BCUT2D eigenvalue weighted by Crippen LogP contribution is 2.30. The Hall–Kier alpha value is -2.88. The lowest BCUT2D eigenvalue weighted by atomic mass is 10.1. The molecule has 1 aromatic carbocycles. The minimum Gasteiger partial charge on any atom is -0.393 e. The van der Waals surface area contributed by atoms with Gasteiger partial charge in [-0.2, -0.15) is 13.2 Å². The van der Waals surface area contributed by atoms with Crippen molar-refractivity contribution in [2.24, 2.45) is 0 Å². The predicted octanol–water partition coefficient (Wildman–Crippen LogP) is 3.92. The van der Waals surface area contributed by atoms with Gasteiger partial charge in [0.05, 0.1) is 22.6 Å². The molecule has 0 aliphatic heterocycles. The molecule has 1 atom stereocenters. The number of pyridine rings is 1. The zero-order valence-corrected chi connectivity index (χ0v) is 15.2. The normalized spacial score (nSPS) is 13.1. The molecule has 154 valence electrons. The molecule has 0 saturated carbocycles. The van der Waals surface area contributed by atoms with Crippen LogP contribution in [0.15, 0.2) is 35.5 Å². The molecule has 0 fully saturated rings. The van der Waals surface area contributed by atoms with E-state index in [2.05, 4.69) is 9.97 Å². The Bertz CT molecular complexity index is 1090. The zero-order valence-electron chi connectivity index (χ0n) is 15.2. The Balaban J connectivity index is 2.04. The molecule has 29 heavy (non-hydrogen) atoms. The third-order valence-electron chi connectivity index (χ3n) is 4.39. The molecule has 1 N–H and O–H groups in total. The summed E-state index contributed by atoms with van der Waals surface area (Å²) in [4.78, 5) is 19.5. The van der Waals surface area contributed by atoms with Gasteiger partial charge in [0, 0.05) is 25.1 Å². The molecular formula is C19H16F5N3O2. The van der Waals surface area contributed by atoms with Crippen LogP contribution >= 0.6 is 0 Å². The lowest BCUT2D eigenvalue weighted by Gasteiger charge is -2.11. The summed E-state index contributed by atoms with van der Waals surface area (Å²) in [5, 5.41) is 8.88. The number of nitrogens with zero attached hydrogens (tertiary/aromatic N) is 3. The molecule has 0 aliphatic carbocycles. The van der Waals surface area contributed by atoms with E-state index in [-0.39, 0.29) is 11.9 Å². The molecule has 0 bridgehead atoms. The number of aliphatic hydroxyl groups excluding tert-OH is 1. The van der Waals surface area contributed by atoms with Gasteiger partial charge in [0.2, 0.25) is 0 Å². The summed E-state index contributed by atoms with van der Waals surface area (Å²) in [6.07, 6.45) is -1.96. The molecule has 5 nitrogen and oxygen atoms in total. The molecule has 10 heteroatoms. The van der Waals surface area contributed by atoms with Crippen LogP contribution in [0.5, 0.6) is 0 Å². The Morgan fingerprint density at radius 3 is 2.41 bits per heavy atom. The highest BCUT2D eigenvalue weighted by atomic mass is 19.4. The first-order valence-corrected chi connectivity index (χ1v) is 8.68. The van der Waals surface area contributed by atoms with Crippen LogP contribution < -0.4 is 5.56 Å². The van der Waals surface area contributed by atoms with Crippen molar-refractivity contribution in [1.82, 2.24) is 14.5 Å². The molecule has 2 heterocycles. The van der Waals surface area contributed by atoms with E-state index in [0.717, 1.165) is 6.07 Å². The van der Waals surface area contributed by atoms with Gasteiger partial charge in [-0.25, -0.2) is 18.7 Å². The summed E-state index contributed by atoms with van der Waals surface area (Å²) in [5.41, 5.74) is -2.32. The first-order chi connectivity index (χ1) is 13.6. The van der Waals surface area contributed by atoms with Gasteiger partial charge in [-0.1, -0.05) is 0 Å². The largest absolute Gasteiger partial charge is 0.419 e. The van der Waals surface area contributed by atoms with Gasteiger partial charge in [-0.15, -0.1) is 0 Å². The fourth-order valence-corrected chi connectivity index (χ4v) is 2.89. The van der Waals surface area contributed by atoms with Crippen molar-refractivity contribution in [3.05, 3.63) is 58.3 Å². The first-order valence-electron chi connectivity index (χ1n) is 8.68. The van der Waals surface area contributed by atoms with Gasteiger partial charge in [0.1, 0.15) is 0 Å². The standard InChI is InChI=1S/C19H16F5N3O2/c1-10(28)3-2-5-27-6-4-11-7-13(15(20)16(21)14(11)18(27)29)17-25-8-12(9-26-17)19(22,23)24/h4,6-10,28H,2-3,5H2,1H3. The minimum atomic E-state index is -4.66. The van der Waals surface area contributed by atoms with Gasteiger partial charge in [0.25, 0.3) is 5.56 Å². The Morgan fingerprint density at radius 1 is 1.17 bits per heavy atom. The third kappa shape index (κ3) is 4.26. The second-order valence-corrected chi connectivity index (χ2v) is 6.61. The van der Waals surface area contributed by atoms with E-state index in [1.165, 1.54) is 16.8 Å². The van der Waals surface area contributed by atoms with Crippen LogP contribution in [0.25, 0.3) is 22.2 Å². The minimum absolute atomic E-state index is 0.0687. The van der Waals surface area contributed by atoms with E-state index in [1.54, 1.807) is 6.92 Å². The summed E-state index contributed by atoms with van der Waals surface area (Å²) in [7, 11) is 0. The summed E-state index contributed by atoms with van der Waals surface area (Å²) in [6.45, 7) is 1.81. The number of benzene rings is 1. The number of halogens is 5. The number of hydrogen-bond donors (Lipinski definition) is 1. The summed E-state index contributed by atoms with van der Waals surface area (Å²) in [5.74, 6) is -3.27. The number of alkyl halides is 3. The fourth-order valence-electron chi connectivity index (χ4n) is 2.89. The van der Waals surface area contributed by atoms with E-state index in [4.69, 9.17) is 0 Å². The van der Waals surface area contributed by atoms with Crippen molar-refractivity contribution >= 4 is 10.8 Å². The van der Waals surface area contributed by atoms with Crippen molar-refractivity contribution in [2.45, 2.75) is 38.6 Å². The lowest BCUT2D eigenvalue weighted by molar-refractivity contribution is -0.138. The molecule has 0 radical (unpaired) electrons. The average Bonchev–Trinajstić information content (AvgIpc) is 2.65. The molecule has 1 unspecified atom stereocenters. The maximum absolute atomic E-state index is 14.6. The summed E-state index contributed by atoms with van der Waals surface area (Å²) < 4.78 is 68.3. The zero-order chi connectivity index (χ0) is 21.3. The van der Waals surface area contributed by atoms with Crippen LogP contribution in [-0.4, -0.2) is 25.7 Å². The Kier molecular flexibility index (Phi) is 5.65. The van der Waals surface area contributed by atoms with Crippen LogP contribution in [-0.2, 0) is 12.7 Å². The number of rotatable bonds is 5. The highest BCUT2D eigenvalue weighted by molar-refractivity contribution is 5.86. The maximum atomic E-state index is 14.6. The Labute approximate surface area is 161 Å². The van der Waals surface area contributed by atoms with E-state index in [9.17, 15) is 31.9 Å². The summed E-state index contributed by atoms with van der Waals surface area (Å²) >= 11 is 0. The average molecular weight is 413 g/mol. The van der Waals surface area contributed by atoms with Crippen molar-refractivity contribution in [3.8, 4) is 11.4 Å². The van der Waals surface area contributed by atoms with Crippen molar-refractivity contribution < 1.29 is 27.1 Å². The summed E-state index contributed by atoms with van der Waals surface area (Å²) in [6, 6.07) is 2.52. The van der Waals surface area contributed by atoms with Crippen molar-refractivity contribution in [2.75, 3.05) is 0 Å². The highest BCUT2D eigenvalue weighted by Gasteiger charge is 2.31. The molecule has 0 spiro atoms. The first kappa shape index (κ1) is 20.8. The molecule has 3 rings (SSSR count). The van der Waals surface area contributed by atoms with Crippen LogP contribution in [0.4, 0.5) is 22.0 Å². The Morgan fingerprint density at radius 2 is 1.83 bits per heavy atom. The second-order valence-electron chi connectivity index (χ2n) is 6.61. The molecule has 2 aromatic heterocycles. The molecule has 3 aromatic rings. The van der Waals surface area contributed by atoms with Crippen molar-refractivity contribution in [3.63, 3.8) is 0 Å². The van der Waals surface area contributed by atoms with Gasteiger partial charge in [-0.3, -0.25) is 4.79 Å². The number of fused-ring (bicyclic) bond motifs is 1. The van der Waals surface area contributed by atoms with Crippen LogP contribution in [0, 0.1) is 11.6 Å². The van der Waals surface area contributed by atoms with E-state index < -0.39 is 51.8 Å². The maximum Gasteiger partial charge on any atom is 0.419 e. The lowest BCUT2D eigenvalue weighted by Crippen LogP contribution is -2.21. The monoisotopic (exact) mass is 413 g/mol. The second kappa shape index (κ2) is 7.86. The number of aromatic nitrogens is 3. The van der Waals surface area contributed by atoms with Crippen LogP contribution in [0.3, 0.4) is 0 Å². The number of aliphatic hydroxyl groups is 1. The topological polar surface area (TPSA) is 68.0 Å². The van der Waals surface area contributed by atoms with E-state index in [0.29, 0.717) is 25.2 Å². The quantitative estimate of drug-likeness (QED) is 0.644. The van der Waals surface area contributed by atoms with E-state index in [1.807, 2.05) is 0 Å². The smallest absolute Gasteiger partial charge is 0.393 e. The van der Waals surface area contributed by atoms with E-state index >= 15 is 0 Å². The van der Waals surface area contributed by atoms with Gasteiger partial charge >= 0.3 is 6.18 Å². The predicted molar refractivity (Wildman–Crippen MR) is 95.1 cm³/mol. The van der Waals surface area contributed by atoms with Gasteiger partial charge in [-0.05, 0) is 37.3 Å². The van der Waals surface area contributed by atoms with Crippen LogP contribution in [0.2, 0.25) is 0 Å². The molecule has 0 amide bonds. The third-order valence-corrected chi connectivity index (χ3v) is 4.39. The molecule has 0 aliphatic rings. The number of aryl methyl sites for hydroxylation is 1. The van der Waals surface area contributed by atoms with Gasteiger partial charge in [0.15, 0.2) is 17.5 Å². The molecule has 0 saturated heterocycles. The van der Waals surface area contributed by atoms with Crippen LogP contribution in [0.1, 0.15) is 25.3 Å². The van der Waals surface area contributed by atoms with Crippen molar-refractivity contribution in [1.29, 1.82) is 0 Å². The molecular weight excluding hydrogens is 397 g/mol. The SMILES string of the molecule is CC(O)CCCn1ccc2cc(-c3ncc(C(F)(F)F)cn3)c(F)c(F)c2c1=O. The van der Waals surface area contributed by atoms with Gasteiger partial charge < -0.3 is 9.67 Å². The fraction of sp³-hybridized carbons (Fsp3) is 0.316. The number of hydrogen-bond acceptors (Lipinski definition) is 4.